The fraction of sp³-hybridized carbons (Fsp3) is 0.316. The van der Waals surface area contributed by atoms with Gasteiger partial charge < -0.3 is 4.74 Å². The number of carbonyl (C=O) groups is 2. The number of rotatable bonds is 7. The molecule has 0 saturated carbocycles. The number of hydrogen-bond acceptors (Lipinski definition) is 4. The van der Waals surface area contributed by atoms with Crippen molar-refractivity contribution < 1.29 is 14.3 Å². The number of carbonyl (C=O) groups excluding carboxylic acids is 2. The van der Waals surface area contributed by atoms with E-state index >= 15 is 0 Å². The van der Waals surface area contributed by atoms with Crippen molar-refractivity contribution in [2.45, 2.75) is 33.1 Å². The molecule has 0 atom stereocenters. The molecule has 1 aromatic carbocycles. The molecule has 0 fully saturated rings. The smallest absolute Gasteiger partial charge is 0.333 e. The quantitative estimate of drug-likeness (QED) is 0.446. The number of ether oxygens (including phenoxy) is 1. The maximum absolute atomic E-state index is 12.1. The number of nitrogens with zero attached hydrogens (tertiary/aromatic N) is 1. The van der Waals surface area contributed by atoms with Gasteiger partial charge in [-0.15, -0.1) is 0 Å². The highest BCUT2D eigenvalue weighted by Gasteiger charge is 2.09. The molecule has 2 aromatic rings. The van der Waals surface area contributed by atoms with Crippen LogP contribution in [0.1, 0.15) is 31.0 Å². The van der Waals surface area contributed by atoms with Gasteiger partial charge in [-0.1, -0.05) is 30.8 Å². The fourth-order valence-electron chi connectivity index (χ4n) is 2.31. The Balaban J connectivity index is 1.92. The zero-order valence-electron chi connectivity index (χ0n) is 13.6. The Morgan fingerprint density at radius 1 is 1.22 bits per heavy atom. The number of aromatic nitrogens is 1. The second-order valence-corrected chi connectivity index (χ2v) is 5.68. The highest BCUT2D eigenvalue weighted by Crippen LogP contribution is 2.18. The van der Waals surface area contributed by atoms with Gasteiger partial charge in [-0.05, 0) is 31.9 Å². The Hall–Kier alpha value is -2.49. The van der Waals surface area contributed by atoms with E-state index in [1.54, 1.807) is 6.92 Å². The van der Waals surface area contributed by atoms with Crippen molar-refractivity contribution in [3.8, 4) is 0 Å². The van der Waals surface area contributed by atoms with E-state index in [9.17, 15) is 9.59 Å². The summed E-state index contributed by atoms with van der Waals surface area (Å²) in [5, 5.41) is 1.04. The minimum absolute atomic E-state index is 0.118. The number of Topliss-reactive ketones (excluding diaryl/α,β-unsaturated/α-hetero) is 1. The number of hydrogen-bond donors (Lipinski definition) is 0. The van der Waals surface area contributed by atoms with Crippen LogP contribution >= 0.6 is 0 Å². The van der Waals surface area contributed by atoms with Gasteiger partial charge in [-0.3, -0.25) is 9.78 Å². The van der Waals surface area contributed by atoms with Crippen LogP contribution in [-0.2, 0) is 20.7 Å². The van der Waals surface area contributed by atoms with E-state index in [1.807, 2.05) is 37.3 Å². The van der Waals surface area contributed by atoms with E-state index < -0.39 is 5.97 Å². The summed E-state index contributed by atoms with van der Waals surface area (Å²) in [5.74, 6) is -0.293. The molecule has 0 aliphatic rings. The molecule has 0 N–H and O–H groups in total. The first-order valence-electron chi connectivity index (χ1n) is 7.67. The standard InChI is InChI=1S/C19H21NO3/c1-13(2)19(22)23-11-5-8-17(21)12-16-7-4-6-15-10-9-14(3)20-18(15)16/h4,6-7,9-10H,1,5,8,11-12H2,2-3H3. The minimum Gasteiger partial charge on any atom is -0.462 e. The molecular weight excluding hydrogens is 290 g/mol. The van der Waals surface area contributed by atoms with Gasteiger partial charge in [-0.25, -0.2) is 4.79 Å². The van der Waals surface area contributed by atoms with Gasteiger partial charge in [0.2, 0.25) is 0 Å². The van der Waals surface area contributed by atoms with E-state index in [-0.39, 0.29) is 12.4 Å². The van der Waals surface area contributed by atoms with Gasteiger partial charge in [0.15, 0.2) is 0 Å². The maximum Gasteiger partial charge on any atom is 0.333 e. The third-order valence-electron chi connectivity index (χ3n) is 3.51. The molecular formula is C19H21NO3. The van der Waals surface area contributed by atoms with Crippen molar-refractivity contribution in [2.75, 3.05) is 6.61 Å². The molecule has 0 saturated heterocycles. The number of fused-ring (bicyclic) bond motifs is 1. The van der Waals surface area contributed by atoms with E-state index in [0.717, 1.165) is 22.2 Å². The topological polar surface area (TPSA) is 56.3 Å². The first-order valence-corrected chi connectivity index (χ1v) is 7.67. The number of ketones is 1. The zero-order valence-corrected chi connectivity index (χ0v) is 13.6. The fourth-order valence-corrected chi connectivity index (χ4v) is 2.31. The average Bonchev–Trinajstić information content (AvgIpc) is 2.51. The molecule has 4 nitrogen and oxygen atoms in total. The monoisotopic (exact) mass is 311 g/mol. The molecule has 0 aliphatic carbocycles. The molecule has 120 valence electrons. The summed E-state index contributed by atoms with van der Waals surface area (Å²) in [7, 11) is 0. The number of esters is 1. The molecule has 0 bridgehead atoms. The summed E-state index contributed by atoms with van der Waals surface area (Å²) in [6, 6.07) is 9.85. The number of benzene rings is 1. The number of pyridine rings is 1. The van der Waals surface area contributed by atoms with Crippen molar-refractivity contribution >= 4 is 22.7 Å². The van der Waals surface area contributed by atoms with Gasteiger partial charge >= 0.3 is 5.97 Å². The summed E-state index contributed by atoms with van der Waals surface area (Å²) in [4.78, 5) is 27.9. The molecule has 1 aromatic heterocycles. The van der Waals surface area contributed by atoms with E-state index in [2.05, 4.69) is 11.6 Å². The molecule has 0 radical (unpaired) electrons. The van der Waals surface area contributed by atoms with Crippen molar-refractivity contribution in [3.63, 3.8) is 0 Å². The Kier molecular flexibility index (Phi) is 5.63. The first kappa shape index (κ1) is 16.9. The summed E-state index contributed by atoms with van der Waals surface area (Å²) in [6.07, 6.45) is 1.25. The lowest BCUT2D eigenvalue weighted by atomic mass is 10.0. The number of para-hydroxylation sites is 1. The van der Waals surface area contributed by atoms with E-state index in [4.69, 9.17) is 4.74 Å². The molecule has 1 heterocycles. The molecule has 0 aliphatic heterocycles. The third-order valence-corrected chi connectivity index (χ3v) is 3.51. The van der Waals surface area contributed by atoms with Crippen LogP contribution in [-0.4, -0.2) is 23.3 Å². The largest absolute Gasteiger partial charge is 0.462 e. The molecule has 4 heteroatoms. The van der Waals surface area contributed by atoms with Crippen LogP contribution in [0.5, 0.6) is 0 Å². The molecule has 2 rings (SSSR count). The van der Waals surface area contributed by atoms with Crippen LogP contribution in [0.2, 0.25) is 0 Å². The van der Waals surface area contributed by atoms with Gasteiger partial charge in [0.1, 0.15) is 5.78 Å². The second-order valence-electron chi connectivity index (χ2n) is 5.68. The van der Waals surface area contributed by atoms with Crippen molar-refractivity contribution in [1.82, 2.24) is 4.98 Å². The summed E-state index contributed by atoms with van der Waals surface area (Å²) >= 11 is 0. The van der Waals surface area contributed by atoms with Crippen molar-refractivity contribution in [2.24, 2.45) is 0 Å². The van der Waals surface area contributed by atoms with E-state index in [1.165, 1.54) is 0 Å². The first-order chi connectivity index (χ1) is 11.0. The van der Waals surface area contributed by atoms with Gasteiger partial charge in [0.05, 0.1) is 12.1 Å². The van der Waals surface area contributed by atoms with Crippen molar-refractivity contribution in [3.05, 3.63) is 53.7 Å². The lowest BCUT2D eigenvalue weighted by molar-refractivity contribution is -0.139. The normalized spacial score (nSPS) is 10.5. The van der Waals surface area contributed by atoms with Crippen LogP contribution in [0.15, 0.2) is 42.5 Å². The lowest BCUT2D eigenvalue weighted by Gasteiger charge is -2.07. The average molecular weight is 311 g/mol. The van der Waals surface area contributed by atoms with Crippen LogP contribution in [0.25, 0.3) is 10.9 Å². The van der Waals surface area contributed by atoms with Gasteiger partial charge in [0, 0.05) is 29.5 Å². The van der Waals surface area contributed by atoms with Crippen molar-refractivity contribution in [1.29, 1.82) is 0 Å². The Bertz CT molecular complexity index is 749. The Morgan fingerprint density at radius 2 is 2.00 bits per heavy atom. The molecule has 23 heavy (non-hydrogen) atoms. The Labute approximate surface area is 136 Å². The highest BCUT2D eigenvalue weighted by molar-refractivity contribution is 5.89. The molecule has 0 amide bonds. The van der Waals surface area contributed by atoms with Crippen LogP contribution in [0.3, 0.4) is 0 Å². The predicted molar refractivity (Wildman–Crippen MR) is 90.2 cm³/mol. The predicted octanol–water partition coefficient (Wildman–Crippen LogP) is 3.55. The summed E-state index contributed by atoms with van der Waals surface area (Å²) < 4.78 is 4.99. The summed E-state index contributed by atoms with van der Waals surface area (Å²) in [5.41, 5.74) is 3.13. The number of aryl methyl sites for hydroxylation is 1. The third kappa shape index (κ3) is 4.74. The molecule has 0 spiro atoms. The SMILES string of the molecule is C=C(C)C(=O)OCCCC(=O)Cc1cccc2ccc(C)nc12. The Morgan fingerprint density at radius 3 is 2.74 bits per heavy atom. The zero-order chi connectivity index (χ0) is 16.8. The second kappa shape index (κ2) is 7.68. The molecule has 0 unspecified atom stereocenters. The van der Waals surface area contributed by atoms with Gasteiger partial charge in [-0.2, -0.15) is 0 Å². The van der Waals surface area contributed by atoms with Crippen LogP contribution in [0.4, 0.5) is 0 Å². The highest BCUT2D eigenvalue weighted by atomic mass is 16.5. The maximum atomic E-state index is 12.1. The summed E-state index contributed by atoms with van der Waals surface area (Å²) in [6.45, 7) is 7.29. The van der Waals surface area contributed by atoms with Gasteiger partial charge in [0.25, 0.3) is 0 Å². The lowest BCUT2D eigenvalue weighted by Crippen LogP contribution is -2.09. The van der Waals surface area contributed by atoms with Crippen LogP contribution in [0, 0.1) is 6.92 Å². The minimum atomic E-state index is -0.411. The van der Waals surface area contributed by atoms with Crippen LogP contribution < -0.4 is 0 Å². The van der Waals surface area contributed by atoms with E-state index in [0.29, 0.717) is 24.8 Å².